The highest BCUT2D eigenvalue weighted by atomic mass is 16.5. The molecule has 0 bridgehead atoms. The number of hydrogen-bond acceptors (Lipinski definition) is 2. The summed E-state index contributed by atoms with van der Waals surface area (Å²) in [7, 11) is 5.95. The minimum atomic E-state index is -0.0256. The number of nitrogens with two attached hydrogens (primary N) is 1. The van der Waals surface area contributed by atoms with Gasteiger partial charge >= 0.3 is 5.97 Å². The van der Waals surface area contributed by atoms with Gasteiger partial charge in [0, 0.05) is 18.8 Å². The van der Waals surface area contributed by atoms with Gasteiger partial charge in [-0.2, -0.15) is 0 Å². The van der Waals surface area contributed by atoms with E-state index in [9.17, 15) is 4.79 Å². The van der Waals surface area contributed by atoms with Gasteiger partial charge in [-0.05, 0) is 25.2 Å². The molecule has 0 amide bonds. The largest absolute Gasteiger partial charge is 0.469 e. The van der Waals surface area contributed by atoms with Gasteiger partial charge in [0.1, 0.15) is 0 Å². The van der Waals surface area contributed by atoms with Crippen LogP contribution < -0.4 is 10.2 Å². The number of esters is 1. The lowest BCUT2D eigenvalue weighted by Gasteiger charge is -2.23. The van der Waals surface area contributed by atoms with Gasteiger partial charge in [-0.15, -0.1) is 0 Å². The molecular formula is C18H38N2O2+2. The first-order valence-electron chi connectivity index (χ1n) is 9.27. The van der Waals surface area contributed by atoms with Crippen molar-refractivity contribution in [2.45, 2.75) is 64.3 Å². The fourth-order valence-corrected chi connectivity index (χ4v) is 3.90. The second kappa shape index (κ2) is 11.0. The molecule has 1 fully saturated rings. The Labute approximate surface area is 137 Å². The van der Waals surface area contributed by atoms with Gasteiger partial charge in [0.15, 0.2) is 0 Å². The van der Waals surface area contributed by atoms with E-state index < -0.39 is 0 Å². The molecule has 130 valence electrons. The molecule has 0 unspecified atom stereocenters. The Morgan fingerprint density at radius 3 is 2.64 bits per heavy atom. The van der Waals surface area contributed by atoms with Crippen molar-refractivity contribution in [3.8, 4) is 0 Å². The van der Waals surface area contributed by atoms with Crippen LogP contribution in [0.25, 0.3) is 0 Å². The number of hydrogen-bond donors (Lipinski definition) is 2. The van der Waals surface area contributed by atoms with Crippen LogP contribution in [0.15, 0.2) is 0 Å². The van der Waals surface area contributed by atoms with E-state index in [1.165, 1.54) is 70.0 Å². The molecular weight excluding hydrogens is 276 g/mol. The maximum Gasteiger partial charge on any atom is 0.305 e. The first kappa shape index (κ1) is 19.4. The topological polar surface area (TPSA) is 47.3 Å². The summed E-state index contributed by atoms with van der Waals surface area (Å²) in [5, 5.41) is 2.57. The third-order valence-corrected chi connectivity index (χ3v) is 5.17. The smallest absolute Gasteiger partial charge is 0.305 e. The Hall–Kier alpha value is -0.610. The van der Waals surface area contributed by atoms with Crippen LogP contribution in [0.4, 0.5) is 0 Å². The summed E-state index contributed by atoms with van der Waals surface area (Å²) in [6, 6.07) is 0.726. The van der Waals surface area contributed by atoms with E-state index in [-0.39, 0.29) is 5.97 Å². The predicted octanol–water partition coefficient (Wildman–Crippen LogP) is 0.623. The number of methoxy groups -OCH3 is 1. The van der Waals surface area contributed by atoms with Gasteiger partial charge in [0.25, 0.3) is 0 Å². The van der Waals surface area contributed by atoms with E-state index in [1.54, 1.807) is 0 Å². The van der Waals surface area contributed by atoms with Crippen LogP contribution in [0, 0.1) is 11.8 Å². The van der Waals surface area contributed by atoms with Gasteiger partial charge in [-0.3, -0.25) is 4.79 Å². The molecule has 0 aliphatic heterocycles. The Morgan fingerprint density at radius 2 is 2.00 bits per heavy atom. The number of unbranched alkanes of at least 4 members (excludes halogenated alkanes) is 2. The van der Waals surface area contributed by atoms with Crippen LogP contribution in [-0.2, 0) is 9.53 Å². The monoisotopic (exact) mass is 314 g/mol. The minimum absolute atomic E-state index is 0.0256. The summed E-state index contributed by atoms with van der Waals surface area (Å²) < 4.78 is 4.89. The number of carbonyl (C=O) groups is 1. The lowest BCUT2D eigenvalue weighted by Crippen LogP contribution is -3.06. The van der Waals surface area contributed by atoms with Crippen molar-refractivity contribution < 1.29 is 19.7 Å². The van der Waals surface area contributed by atoms with Crippen LogP contribution >= 0.6 is 0 Å². The van der Waals surface area contributed by atoms with Crippen molar-refractivity contribution in [1.29, 1.82) is 0 Å². The maximum absolute atomic E-state index is 11.7. The molecule has 1 aliphatic rings. The second-order valence-electron chi connectivity index (χ2n) is 7.28. The first-order chi connectivity index (χ1) is 10.6. The second-order valence-corrected chi connectivity index (χ2v) is 7.28. The summed E-state index contributed by atoms with van der Waals surface area (Å²) in [4.78, 5) is 13.2. The van der Waals surface area contributed by atoms with Gasteiger partial charge in [-0.1, -0.05) is 26.2 Å². The Morgan fingerprint density at radius 1 is 1.23 bits per heavy atom. The Balaban J connectivity index is 2.44. The number of quaternary nitrogens is 2. The molecule has 1 rings (SSSR count). The Bertz CT molecular complexity index is 307. The molecule has 0 radical (unpaired) electrons. The van der Waals surface area contributed by atoms with Crippen LogP contribution in [0.3, 0.4) is 0 Å². The van der Waals surface area contributed by atoms with Gasteiger partial charge < -0.3 is 15.0 Å². The van der Waals surface area contributed by atoms with Gasteiger partial charge in [-0.25, -0.2) is 0 Å². The molecule has 22 heavy (non-hydrogen) atoms. The van der Waals surface area contributed by atoms with E-state index in [0.29, 0.717) is 18.3 Å². The fourth-order valence-electron chi connectivity index (χ4n) is 3.90. The summed E-state index contributed by atoms with van der Waals surface area (Å²) >= 11 is 0. The highest BCUT2D eigenvalue weighted by molar-refractivity contribution is 5.69. The fraction of sp³-hybridized carbons (Fsp3) is 0.944. The molecule has 0 aromatic carbocycles. The standard InChI is InChI=1S/C18H36N2O2/c1-5-6-7-9-16-15(14-18(21)22-4)10-11-17(16)19-12-8-13-20(2)3/h15-17,19H,5-14H2,1-4H3/p+2/t15-,16-,17+/m1/s1. The van der Waals surface area contributed by atoms with Gasteiger partial charge in [0.2, 0.25) is 0 Å². The third kappa shape index (κ3) is 7.10. The van der Waals surface area contributed by atoms with Crippen molar-refractivity contribution in [1.82, 2.24) is 0 Å². The predicted molar refractivity (Wildman–Crippen MR) is 89.9 cm³/mol. The van der Waals surface area contributed by atoms with E-state index in [2.05, 4.69) is 26.3 Å². The van der Waals surface area contributed by atoms with Crippen molar-refractivity contribution in [3.63, 3.8) is 0 Å². The van der Waals surface area contributed by atoms with Crippen molar-refractivity contribution in [2.75, 3.05) is 34.3 Å². The molecule has 0 aromatic heterocycles. The zero-order valence-electron chi connectivity index (χ0n) is 15.2. The van der Waals surface area contributed by atoms with Crippen molar-refractivity contribution in [2.24, 2.45) is 11.8 Å². The van der Waals surface area contributed by atoms with Crippen molar-refractivity contribution in [3.05, 3.63) is 0 Å². The average molecular weight is 315 g/mol. The number of carbonyl (C=O) groups excluding carboxylic acids is 1. The summed E-state index contributed by atoms with van der Waals surface area (Å²) in [5.74, 6) is 1.23. The number of rotatable bonds is 11. The SMILES string of the molecule is CCCCC[C@@H]1[C@@H](CC(=O)OC)CC[C@@H]1[NH2+]CCC[NH+](C)C. The molecule has 0 heterocycles. The quantitative estimate of drug-likeness (QED) is 0.434. The first-order valence-corrected chi connectivity index (χ1v) is 9.27. The van der Waals surface area contributed by atoms with Crippen LogP contribution in [0.2, 0.25) is 0 Å². The molecule has 1 aliphatic carbocycles. The molecule has 0 spiro atoms. The lowest BCUT2D eigenvalue weighted by molar-refractivity contribution is -0.860. The lowest BCUT2D eigenvalue weighted by atomic mass is 9.86. The van der Waals surface area contributed by atoms with E-state index in [1.807, 2.05) is 0 Å². The van der Waals surface area contributed by atoms with Gasteiger partial charge in [0.05, 0.1) is 40.3 Å². The van der Waals surface area contributed by atoms with Crippen molar-refractivity contribution >= 4 is 5.97 Å². The molecule has 1 saturated carbocycles. The van der Waals surface area contributed by atoms with E-state index >= 15 is 0 Å². The molecule has 4 heteroatoms. The normalized spacial score (nSPS) is 24.9. The van der Waals surface area contributed by atoms with Crippen LogP contribution in [-0.4, -0.2) is 46.3 Å². The third-order valence-electron chi connectivity index (χ3n) is 5.17. The zero-order chi connectivity index (χ0) is 16.4. The Kier molecular flexibility index (Phi) is 9.73. The van der Waals surface area contributed by atoms with E-state index in [0.717, 1.165) is 6.04 Å². The molecule has 3 atom stereocenters. The van der Waals surface area contributed by atoms with Crippen LogP contribution in [0.1, 0.15) is 58.3 Å². The number of ether oxygens (including phenoxy) is 1. The average Bonchev–Trinajstić information content (AvgIpc) is 2.86. The molecule has 3 N–H and O–H groups in total. The summed E-state index contributed by atoms with van der Waals surface area (Å²) in [6.07, 6.45) is 9.56. The minimum Gasteiger partial charge on any atom is -0.469 e. The highest BCUT2D eigenvalue weighted by Gasteiger charge is 2.38. The molecule has 0 aromatic rings. The molecule has 0 saturated heterocycles. The summed E-state index contributed by atoms with van der Waals surface area (Å²) in [6.45, 7) is 4.73. The van der Waals surface area contributed by atoms with Crippen LogP contribution in [0.5, 0.6) is 0 Å². The summed E-state index contributed by atoms with van der Waals surface area (Å²) in [5.41, 5.74) is 0. The number of nitrogens with one attached hydrogen (secondary N) is 1. The highest BCUT2D eigenvalue weighted by Crippen LogP contribution is 2.36. The maximum atomic E-state index is 11.7. The van der Waals surface area contributed by atoms with E-state index in [4.69, 9.17) is 4.74 Å². The molecule has 4 nitrogen and oxygen atoms in total. The zero-order valence-corrected chi connectivity index (χ0v) is 15.2.